The van der Waals surface area contributed by atoms with Crippen molar-refractivity contribution in [2.75, 3.05) is 32.7 Å². The van der Waals surface area contributed by atoms with E-state index in [9.17, 15) is 24.0 Å². The van der Waals surface area contributed by atoms with Crippen LogP contribution in [0.15, 0.2) is 91.0 Å². The van der Waals surface area contributed by atoms with E-state index in [0.717, 1.165) is 23.1 Å². The predicted molar refractivity (Wildman–Crippen MR) is 242 cm³/mol. The zero-order valence-corrected chi connectivity index (χ0v) is 38.0. The van der Waals surface area contributed by atoms with E-state index >= 15 is 0 Å². The van der Waals surface area contributed by atoms with E-state index in [2.05, 4.69) is 16.7 Å². The van der Waals surface area contributed by atoms with Crippen LogP contribution in [0.3, 0.4) is 0 Å². The average molecular weight is 885 g/mol. The van der Waals surface area contributed by atoms with Gasteiger partial charge in [-0.15, -0.1) is 0 Å². The number of benzene rings is 3. The maximum absolute atomic E-state index is 13.3. The fraction of sp³-hybridized carbons (Fsp3) is 0.510. The summed E-state index contributed by atoms with van der Waals surface area (Å²) in [7, 11) is 0. The Morgan fingerprint density at radius 2 is 0.891 bits per heavy atom. The SMILES string of the molecule is CC(C)(C)OC(=O)N(CCCCCNC(=O)CCC(=O)N(CCCCCNC(=O)CCC(=O)N(CCCCC#N)OCc1ccccc1)OCc1ccccc1)OCc1ccccc1. The van der Waals surface area contributed by atoms with Crippen molar-refractivity contribution in [3.05, 3.63) is 108 Å². The lowest BCUT2D eigenvalue weighted by Crippen LogP contribution is -2.37. The summed E-state index contributed by atoms with van der Waals surface area (Å²) in [4.78, 5) is 81.8. The van der Waals surface area contributed by atoms with Gasteiger partial charge in [0.05, 0.1) is 12.6 Å². The molecule has 0 unspecified atom stereocenters. The molecule has 64 heavy (non-hydrogen) atoms. The molecule has 0 aromatic heterocycles. The molecule has 3 rings (SSSR count). The van der Waals surface area contributed by atoms with E-state index in [1.165, 1.54) is 15.2 Å². The summed E-state index contributed by atoms with van der Waals surface area (Å²) in [5.74, 6) is -1.06. The summed E-state index contributed by atoms with van der Waals surface area (Å²) >= 11 is 0. The number of ether oxygens (including phenoxy) is 1. The Balaban J connectivity index is 1.35. The highest BCUT2D eigenvalue weighted by atomic mass is 16.7. The van der Waals surface area contributed by atoms with Gasteiger partial charge in [0, 0.05) is 58.3 Å². The van der Waals surface area contributed by atoms with Crippen LogP contribution in [0.1, 0.15) is 121 Å². The standard InChI is InChI=1S/C49H68N6O9/c1-49(2,3)64-48(60)55(63-40-43-26-14-6-15-27-43)37-21-9-18-34-52-45(57)29-31-47(59)54(62-39-42-24-12-5-13-25-42)36-20-8-17-33-51-44(56)28-30-46(58)53(35-19-7-16-32-50)61-38-41-22-10-4-11-23-41/h4-6,10-15,22-27H,7-9,16-21,28-31,33-40H2,1-3H3,(H,51,56)(H,52,57). The van der Waals surface area contributed by atoms with Gasteiger partial charge in [0.15, 0.2) is 0 Å². The molecule has 15 heteroatoms. The molecule has 0 fully saturated rings. The van der Waals surface area contributed by atoms with Crippen molar-refractivity contribution in [1.29, 1.82) is 5.26 Å². The molecule has 0 saturated carbocycles. The molecule has 0 saturated heterocycles. The van der Waals surface area contributed by atoms with Crippen molar-refractivity contribution in [2.45, 2.75) is 130 Å². The minimum Gasteiger partial charge on any atom is -0.442 e. The van der Waals surface area contributed by atoms with E-state index in [-0.39, 0.29) is 69.1 Å². The summed E-state index contributed by atoms with van der Waals surface area (Å²) in [5.41, 5.74) is 2.09. The number of nitriles is 1. The Labute approximate surface area is 379 Å². The van der Waals surface area contributed by atoms with Crippen molar-refractivity contribution >= 4 is 29.7 Å². The highest BCUT2D eigenvalue weighted by Crippen LogP contribution is 2.14. The number of hydrogen-bond acceptors (Lipinski definition) is 10. The van der Waals surface area contributed by atoms with Crippen LogP contribution in [0.25, 0.3) is 0 Å². The molecule has 0 aliphatic heterocycles. The molecule has 15 nitrogen and oxygen atoms in total. The number of carbonyl (C=O) groups excluding carboxylic acids is 5. The Morgan fingerprint density at radius 3 is 1.28 bits per heavy atom. The zero-order chi connectivity index (χ0) is 46.3. The van der Waals surface area contributed by atoms with E-state index in [1.807, 2.05) is 91.0 Å². The van der Waals surface area contributed by atoms with Crippen molar-refractivity contribution in [3.63, 3.8) is 0 Å². The first-order valence-electron chi connectivity index (χ1n) is 22.5. The van der Waals surface area contributed by atoms with Crippen molar-refractivity contribution in [1.82, 2.24) is 25.8 Å². The minimum atomic E-state index is -0.667. The summed E-state index contributed by atoms with van der Waals surface area (Å²) < 4.78 is 5.52. The third kappa shape index (κ3) is 24.1. The highest BCUT2D eigenvalue weighted by molar-refractivity contribution is 5.84. The predicted octanol–water partition coefficient (Wildman–Crippen LogP) is 8.10. The quantitative estimate of drug-likeness (QED) is 0.0474. The fourth-order valence-electron chi connectivity index (χ4n) is 6.12. The normalized spacial score (nSPS) is 11.0. The second-order valence-corrected chi connectivity index (χ2v) is 16.3. The summed E-state index contributed by atoms with van der Waals surface area (Å²) in [6.07, 6.45) is 5.14. The zero-order valence-electron chi connectivity index (χ0n) is 38.0. The molecular formula is C49H68N6O9. The van der Waals surface area contributed by atoms with Crippen molar-refractivity contribution in [2.24, 2.45) is 0 Å². The second-order valence-electron chi connectivity index (χ2n) is 16.3. The molecule has 0 spiro atoms. The van der Waals surface area contributed by atoms with Crippen LogP contribution in [0, 0.1) is 11.3 Å². The highest BCUT2D eigenvalue weighted by Gasteiger charge is 2.23. The van der Waals surface area contributed by atoms with Crippen LogP contribution in [0.4, 0.5) is 4.79 Å². The minimum absolute atomic E-state index is 0.00525. The summed E-state index contributed by atoms with van der Waals surface area (Å²) in [6.45, 7) is 7.89. The van der Waals surface area contributed by atoms with E-state index in [0.29, 0.717) is 84.1 Å². The topological polar surface area (TPSA) is 180 Å². The van der Waals surface area contributed by atoms with Crippen LogP contribution in [-0.4, -0.2) is 83.2 Å². The number of hydrogen-bond donors (Lipinski definition) is 2. The molecular weight excluding hydrogens is 817 g/mol. The van der Waals surface area contributed by atoms with Gasteiger partial charge in [0.25, 0.3) is 0 Å². The number of carbonyl (C=O) groups is 5. The summed E-state index contributed by atoms with van der Waals surface area (Å²) in [5, 5.41) is 18.5. The van der Waals surface area contributed by atoms with Gasteiger partial charge in [-0.05, 0) is 88.8 Å². The van der Waals surface area contributed by atoms with Gasteiger partial charge in [-0.25, -0.2) is 14.9 Å². The lowest BCUT2D eigenvalue weighted by atomic mass is 10.2. The van der Waals surface area contributed by atoms with Gasteiger partial charge >= 0.3 is 6.09 Å². The van der Waals surface area contributed by atoms with Crippen molar-refractivity contribution in [3.8, 4) is 6.07 Å². The lowest BCUT2D eigenvalue weighted by molar-refractivity contribution is -0.192. The summed E-state index contributed by atoms with van der Waals surface area (Å²) in [6, 6.07) is 30.7. The largest absolute Gasteiger partial charge is 0.442 e. The molecule has 3 aromatic carbocycles. The van der Waals surface area contributed by atoms with Gasteiger partial charge in [-0.2, -0.15) is 10.3 Å². The Kier molecular flexibility index (Phi) is 25.5. The first-order chi connectivity index (χ1) is 30.9. The van der Waals surface area contributed by atoms with Gasteiger partial charge < -0.3 is 15.4 Å². The van der Waals surface area contributed by atoms with Gasteiger partial charge in [0.2, 0.25) is 23.6 Å². The van der Waals surface area contributed by atoms with Crippen LogP contribution < -0.4 is 10.6 Å². The number of amides is 5. The average Bonchev–Trinajstić information content (AvgIpc) is 3.29. The third-order valence-electron chi connectivity index (χ3n) is 9.60. The lowest BCUT2D eigenvalue weighted by Gasteiger charge is -2.26. The monoisotopic (exact) mass is 885 g/mol. The van der Waals surface area contributed by atoms with Crippen molar-refractivity contribution < 1.29 is 43.2 Å². The molecule has 0 aliphatic carbocycles. The molecule has 0 heterocycles. The number of hydroxylamine groups is 6. The molecule has 348 valence electrons. The number of unbranched alkanes of at least 4 members (excludes halogenated alkanes) is 6. The number of nitrogens with one attached hydrogen (secondary N) is 2. The number of nitrogens with zero attached hydrogens (tertiary/aromatic N) is 4. The maximum atomic E-state index is 13.3. The molecule has 3 aromatic rings. The molecule has 0 atom stereocenters. The Hall–Kier alpha value is -5.82. The number of rotatable bonds is 31. The van der Waals surface area contributed by atoms with Crippen LogP contribution in [-0.2, 0) is 58.2 Å². The fourth-order valence-corrected chi connectivity index (χ4v) is 6.12. The Morgan fingerprint density at radius 1 is 0.516 bits per heavy atom. The molecule has 2 N–H and O–H groups in total. The van der Waals surface area contributed by atoms with Gasteiger partial charge in [-0.3, -0.25) is 33.7 Å². The Bertz CT molecular complexity index is 1840. The first-order valence-corrected chi connectivity index (χ1v) is 22.5. The van der Waals surface area contributed by atoms with Crippen LogP contribution >= 0.6 is 0 Å². The van der Waals surface area contributed by atoms with E-state index in [1.54, 1.807) is 20.8 Å². The molecule has 0 aliphatic rings. The third-order valence-corrected chi connectivity index (χ3v) is 9.60. The second kappa shape index (κ2) is 31.1. The van der Waals surface area contributed by atoms with E-state index in [4.69, 9.17) is 24.5 Å². The van der Waals surface area contributed by atoms with Crippen LogP contribution in [0.2, 0.25) is 0 Å². The van der Waals surface area contributed by atoms with Gasteiger partial charge in [0.1, 0.15) is 25.4 Å². The van der Waals surface area contributed by atoms with E-state index < -0.39 is 11.7 Å². The molecule has 0 radical (unpaired) electrons. The first kappa shape index (κ1) is 52.5. The smallest absolute Gasteiger partial charge is 0.434 e. The maximum Gasteiger partial charge on any atom is 0.434 e. The van der Waals surface area contributed by atoms with Gasteiger partial charge in [-0.1, -0.05) is 91.0 Å². The molecule has 5 amide bonds. The molecule has 0 bridgehead atoms. The van der Waals surface area contributed by atoms with Crippen LogP contribution in [0.5, 0.6) is 0 Å².